The van der Waals surface area contributed by atoms with Gasteiger partial charge < -0.3 is 4.57 Å². The van der Waals surface area contributed by atoms with Crippen LogP contribution >= 0.6 is 11.3 Å². The van der Waals surface area contributed by atoms with E-state index in [1.165, 1.54) is 10.8 Å². The normalized spacial score (nSPS) is 12.1. The molecule has 0 unspecified atom stereocenters. The molecule has 23 heavy (non-hydrogen) atoms. The molecule has 0 aliphatic rings. The lowest BCUT2D eigenvalue weighted by Gasteiger charge is -2.17. The van der Waals surface area contributed by atoms with E-state index >= 15 is 0 Å². The van der Waals surface area contributed by atoms with Crippen LogP contribution in [0.3, 0.4) is 0 Å². The summed E-state index contributed by atoms with van der Waals surface area (Å²) in [6, 6.07) is 18.8. The molecule has 4 heteroatoms. The molecule has 0 N–H and O–H groups in total. The Morgan fingerprint density at radius 3 is 2.04 bits per heavy atom. The Balaban J connectivity index is 2.14. The molecular weight excluding hydrogens is 304 g/mol. The zero-order valence-corrected chi connectivity index (χ0v) is 13.8. The van der Waals surface area contributed by atoms with Gasteiger partial charge in [-0.3, -0.25) is 0 Å². The third kappa shape index (κ3) is 2.02. The van der Waals surface area contributed by atoms with Gasteiger partial charge in [0.15, 0.2) is 0 Å². The van der Waals surface area contributed by atoms with E-state index in [2.05, 4.69) is 52.2 Å². The highest BCUT2D eigenvalue weighted by Gasteiger charge is 2.28. The average molecular weight is 320 g/mol. The molecule has 0 radical (unpaired) electrons. The first-order valence-electron chi connectivity index (χ1n) is 7.54. The van der Waals surface area contributed by atoms with Crippen LogP contribution in [0.5, 0.6) is 0 Å². The Morgan fingerprint density at radius 2 is 1.48 bits per heavy atom. The van der Waals surface area contributed by atoms with E-state index in [0.717, 1.165) is 21.6 Å². The van der Waals surface area contributed by atoms with E-state index in [4.69, 9.17) is 0 Å². The third-order valence-electron chi connectivity index (χ3n) is 4.25. The predicted molar refractivity (Wildman–Crippen MR) is 97.5 cm³/mol. The fourth-order valence-corrected chi connectivity index (χ4v) is 4.10. The van der Waals surface area contributed by atoms with Crippen molar-refractivity contribution < 1.29 is 0 Å². The zero-order valence-electron chi connectivity index (χ0n) is 13.0. The number of para-hydroxylation sites is 2. The summed E-state index contributed by atoms with van der Waals surface area (Å²) >= 11 is 1.58. The summed E-state index contributed by atoms with van der Waals surface area (Å²) in [5.41, 5.74) is 2.60. The molecule has 0 atom stereocenters. The lowest BCUT2D eigenvalue weighted by molar-refractivity contribution is 0.563. The lowest BCUT2D eigenvalue weighted by Crippen LogP contribution is -2.13. The van der Waals surface area contributed by atoms with Crippen molar-refractivity contribution in [2.24, 2.45) is 5.18 Å². The van der Waals surface area contributed by atoms with Gasteiger partial charge in [-0.1, -0.05) is 41.6 Å². The summed E-state index contributed by atoms with van der Waals surface area (Å²) in [6.07, 6.45) is 0. The first-order valence-corrected chi connectivity index (χ1v) is 8.42. The van der Waals surface area contributed by atoms with Crippen molar-refractivity contribution >= 4 is 33.1 Å². The Bertz CT molecular complexity index is 973. The number of benzene rings is 2. The van der Waals surface area contributed by atoms with Crippen molar-refractivity contribution in [1.82, 2.24) is 4.57 Å². The summed E-state index contributed by atoms with van der Waals surface area (Å²) in [5, 5.41) is 7.81. The maximum Gasteiger partial charge on any atom is 0.133 e. The smallest absolute Gasteiger partial charge is 0.133 e. The highest BCUT2D eigenvalue weighted by atomic mass is 32.1. The molecule has 4 aromatic rings. The second kappa shape index (κ2) is 5.03. The molecule has 0 saturated heterocycles. The second-order valence-corrected chi connectivity index (χ2v) is 7.07. The van der Waals surface area contributed by atoms with Crippen LogP contribution in [0.25, 0.3) is 27.5 Å². The minimum Gasteiger partial charge on any atom is -0.308 e. The summed E-state index contributed by atoms with van der Waals surface area (Å²) in [5.74, 6) is 0. The predicted octanol–water partition coefficient (Wildman–Crippen LogP) is 5.85. The van der Waals surface area contributed by atoms with Gasteiger partial charge in [0.1, 0.15) is 5.54 Å². The summed E-state index contributed by atoms with van der Waals surface area (Å²) in [7, 11) is 0. The molecule has 0 amide bonds. The van der Waals surface area contributed by atoms with Crippen LogP contribution in [0.1, 0.15) is 18.7 Å². The standard InChI is InChI=1S/C19H16N2OS/c1-19(2,20-22)18-17(11-12-23-18)21-15-9-5-3-7-13(15)14-8-4-6-10-16(14)21/h3-12H,1-2H3. The number of hydrogen-bond donors (Lipinski definition) is 0. The van der Waals surface area contributed by atoms with Crippen LogP contribution < -0.4 is 0 Å². The Morgan fingerprint density at radius 1 is 0.913 bits per heavy atom. The minimum absolute atomic E-state index is 0.740. The van der Waals surface area contributed by atoms with Crippen LogP contribution in [0.4, 0.5) is 0 Å². The number of nitrogens with zero attached hydrogens (tertiary/aromatic N) is 2. The topological polar surface area (TPSA) is 34.4 Å². The number of rotatable bonds is 3. The third-order valence-corrected chi connectivity index (χ3v) is 5.47. The summed E-state index contributed by atoms with van der Waals surface area (Å²) in [4.78, 5) is 12.3. The first kappa shape index (κ1) is 14.2. The molecule has 2 aromatic carbocycles. The molecule has 2 aromatic heterocycles. The molecule has 0 aliphatic carbocycles. The van der Waals surface area contributed by atoms with Crippen LogP contribution in [0.15, 0.2) is 65.2 Å². The van der Waals surface area contributed by atoms with Crippen molar-refractivity contribution in [3.63, 3.8) is 0 Å². The number of fused-ring (bicyclic) bond motifs is 3. The highest BCUT2D eigenvalue weighted by Crippen LogP contribution is 2.39. The minimum atomic E-state index is -0.740. The van der Waals surface area contributed by atoms with Crippen molar-refractivity contribution in [2.75, 3.05) is 0 Å². The van der Waals surface area contributed by atoms with Gasteiger partial charge in [-0.15, -0.1) is 16.2 Å². The monoisotopic (exact) mass is 320 g/mol. The Labute approximate surface area is 138 Å². The molecule has 114 valence electrons. The van der Waals surface area contributed by atoms with E-state index in [1.54, 1.807) is 11.3 Å². The van der Waals surface area contributed by atoms with E-state index in [9.17, 15) is 4.91 Å². The van der Waals surface area contributed by atoms with Crippen LogP contribution in [-0.2, 0) is 5.54 Å². The van der Waals surface area contributed by atoms with E-state index in [-0.39, 0.29) is 0 Å². The molecule has 2 heterocycles. The van der Waals surface area contributed by atoms with Crippen molar-refractivity contribution in [2.45, 2.75) is 19.4 Å². The largest absolute Gasteiger partial charge is 0.308 e. The number of hydrogen-bond acceptors (Lipinski definition) is 3. The first-order chi connectivity index (χ1) is 11.1. The van der Waals surface area contributed by atoms with Crippen molar-refractivity contribution in [1.29, 1.82) is 0 Å². The van der Waals surface area contributed by atoms with Gasteiger partial charge in [0.25, 0.3) is 0 Å². The molecule has 0 saturated carbocycles. The van der Waals surface area contributed by atoms with Crippen molar-refractivity contribution in [3.8, 4) is 5.69 Å². The van der Waals surface area contributed by atoms with Gasteiger partial charge >= 0.3 is 0 Å². The number of aromatic nitrogens is 1. The fraction of sp³-hybridized carbons (Fsp3) is 0.158. The quantitative estimate of drug-likeness (QED) is 0.436. The Kier molecular flexibility index (Phi) is 3.10. The average Bonchev–Trinajstić information content (AvgIpc) is 3.17. The number of nitroso groups, excluding NO2 is 1. The van der Waals surface area contributed by atoms with Gasteiger partial charge in [-0.05, 0) is 37.4 Å². The Hall–Kier alpha value is -2.46. The highest BCUT2D eigenvalue weighted by molar-refractivity contribution is 7.10. The number of thiophene rings is 1. The van der Waals surface area contributed by atoms with Gasteiger partial charge in [0, 0.05) is 10.8 Å². The molecular formula is C19H16N2OS. The maximum absolute atomic E-state index is 11.3. The van der Waals surface area contributed by atoms with E-state index in [1.807, 2.05) is 31.4 Å². The molecule has 0 aliphatic heterocycles. The molecule has 4 rings (SSSR count). The molecule has 3 nitrogen and oxygen atoms in total. The van der Waals surface area contributed by atoms with Crippen LogP contribution in [0.2, 0.25) is 0 Å². The van der Waals surface area contributed by atoms with Crippen molar-refractivity contribution in [3.05, 3.63) is 69.8 Å². The van der Waals surface area contributed by atoms with Gasteiger partial charge in [0.2, 0.25) is 0 Å². The van der Waals surface area contributed by atoms with Gasteiger partial charge in [-0.2, -0.15) is 0 Å². The maximum atomic E-state index is 11.3. The van der Waals surface area contributed by atoms with E-state index < -0.39 is 5.54 Å². The molecule has 0 fully saturated rings. The molecule has 0 spiro atoms. The van der Waals surface area contributed by atoms with Crippen LogP contribution in [-0.4, -0.2) is 4.57 Å². The van der Waals surface area contributed by atoms with Gasteiger partial charge in [-0.25, -0.2) is 0 Å². The second-order valence-electron chi connectivity index (χ2n) is 6.15. The summed E-state index contributed by atoms with van der Waals surface area (Å²) in [6.45, 7) is 3.73. The van der Waals surface area contributed by atoms with Gasteiger partial charge in [0.05, 0.1) is 21.6 Å². The lowest BCUT2D eigenvalue weighted by atomic mass is 10.0. The SMILES string of the molecule is CC(C)(N=O)c1sccc1-n1c2ccccc2c2ccccc21. The molecule has 0 bridgehead atoms. The van der Waals surface area contributed by atoms with E-state index in [0.29, 0.717) is 0 Å². The van der Waals surface area contributed by atoms with Crippen LogP contribution in [0, 0.1) is 4.91 Å². The summed E-state index contributed by atoms with van der Waals surface area (Å²) < 4.78 is 2.24. The fourth-order valence-electron chi connectivity index (χ4n) is 3.16. The zero-order chi connectivity index (χ0) is 16.0.